The maximum atomic E-state index is 2.30. The zero-order valence-electron chi connectivity index (χ0n) is 11.6. The van der Waals surface area contributed by atoms with Crippen molar-refractivity contribution in [3.8, 4) is 0 Å². The van der Waals surface area contributed by atoms with Crippen LogP contribution in [-0.2, 0) is 0 Å². The van der Waals surface area contributed by atoms with Crippen molar-refractivity contribution in [1.29, 1.82) is 0 Å². The van der Waals surface area contributed by atoms with Crippen LogP contribution in [0.2, 0.25) is 0 Å². The van der Waals surface area contributed by atoms with Gasteiger partial charge in [-0.05, 0) is 38.0 Å². The van der Waals surface area contributed by atoms with Gasteiger partial charge in [-0.15, -0.1) is 0 Å². The summed E-state index contributed by atoms with van der Waals surface area (Å²) in [7, 11) is 0. The third-order valence-corrected chi connectivity index (χ3v) is 5.02. The SMILES string of the molecule is CCCCCCCC[N+]12CCC(CC1)CC2.[I-]. The molecule has 0 saturated carbocycles. The van der Waals surface area contributed by atoms with E-state index < -0.39 is 0 Å². The van der Waals surface area contributed by atoms with Gasteiger partial charge in [0.1, 0.15) is 0 Å². The molecule has 3 saturated heterocycles. The number of halogens is 1. The van der Waals surface area contributed by atoms with Crippen LogP contribution >= 0.6 is 0 Å². The first-order valence-electron chi connectivity index (χ1n) is 7.70. The molecule has 0 spiro atoms. The molecule has 3 fully saturated rings. The molecule has 3 aliphatic heterocycles. The van der Waals surface area contributed by atoms with E-state index in [0.717, 1.165) is 5.92 Å². The van der Waals surface area contributed by atoms with Gasteiger partial charge in [-0.1, -0.05) is 32.6 Å². The van der Waals surface area contributed by atoms with Crippen molar-refractivity contribution in [3.63, 3.8) is 0 Å². The Hall–Kier alpha value is 0.690. The lowest BCUT2D eigenvalue weighted by molar-refractivity contribution is -0.942. The summed E-state index contributed by atoms with van der Waals surface area (Å²) in [5.74, 6) is 1.12. The summed E-state index contributed by atoms with van der Waals surface area (Å²) in [6.07, 6.45) is 13.4. The second-order valence-electron chi connectivity index (χ2n) is 6.24. The number of quaternary nitrogens is 1. The predicted molar refractivity (Wildman–Crippen MR) is 70.4 cm³/mol. The fourth-order valence-electron chi connectivity index (χ4n) is 3.70. The molecule has 17 heavy (non-hydrogen) atoms. The largest absolute Gasteiger partial charge is 1.00 e. The monoisotopic (exact) mass is 351 g/mol. The quantitative estimate of drug-likeness (QED) is 0.365. The molecule has 0 amide bonds. The van der Waals surface area contributed by atoms with E-state index in [1.807, 2.05) is 0 Å². The normalized spacial score (nSPS) is 31.2. The van der Waals surface area contributed by atoms with E-state index >= 15 is 0 Å². The average molecular weight is 351 g/mol. The Balaban J connectivity index is 0.00000144. The number of hydrogen-bond donors (Lipinski definition) is 0. The Morgan fingerprint density at radius 2 is 1.35 bits per heavy atom. The van der Waals surface area contributed by atoms with Crippen LogP contribution in [0, 0.1) is 5.92 Å². The molecule has 2 bridgehead atoms. The van der Waals surface area contributed by atoms with Gasteiger partial charge in [-0.2, -0.15) is 0 Å². The van der Waals surface area contributed by atoms with Crippen molar-refractivity contribution < 1.29 is 28.5 Å². The number of fused-ring (bicyclic) bond motifs is 3. The van der Waals surface area contributed by atoms with Gasteiger partial charge in [0, 0.05) is 0 Å². The average Bonchev–Trinajstić information content (AvgIpc) is 2.36. The Labute approximate surface area is 125 Å². The van der Waals surface area contributed by atoms with Crippen molar-refractivity contribution in [2.45, 2.75) is 64.7 Å². The summed E-state index contributed by atoms with van der Waals surface area (Å²) < 4.78 is 1.50. The minimum atomic E-state index is 0. The standard InChI is InChI=1S/C15H30N.HI/c1-2-3-4-5-6-7-11-16-12-8-15(9-13-16)10-14-16;/h15H,2-14H2,1H3;1H/q+1;/p-1. The molecule has 0 aliphatic carbocycles. The number of hydrogen-bond acceptors (Lipinski definition) is 0. The molecule has 3 heterocycles. The van der Waals surface area contributed by atoms with Gasteiger partial charge in [0.05, 0.1) is 26.2 Å². The number of piperidine rings is 3. The number of rotatable bonds is 7. The van der Waals surface area contributed by atoms with Crippen LogP contribution in [0.15, 0.2) is 0 Å². The van der Waals surface area contributed by atoms with Gasteiger partial charge in [0.2, 0.25) is 0 Å². The smallest absolute Gasteiger partial charge is 0.0789 e. The molecule has 0 aromatic rings. The van der Waals surface area contributed by atoms with Crippen LogP contribution in [0.25, 0.3) is 0 Å². The summed E-state index contributed by atoms with van der Waals surface area (Å²) in [5, 5.41) is 0. The molecule has 3 rings (SSSR count). The lowest BCUT2D eigenvalue weighted by atomic mass is 9.85. The van der Waals surface area contributed by atoms with Crippen LogP contribution in [0.3, 0.4) is 0 Å². The van der Waals surface area contributed by atoms with E-state index in [1.165, 1.54) is 88.4 Å². The first kappa shape index (κ1) is 15.7. The highest BCUT2D eigenvalue weighted by Crippen LogP contribution is 2.33. The molecule has 3 aliphatic rings. The van der Waals surface area contributed by atoms with Crippen LogP contribution in [-0.4, -0.2) is 30.7 Å². The van der Waals surface area contributed by atoms with Crippen molar-refractivity contribution in [1.82, 2.24) is 0 Å². The van der Waals surface area contributed by atoms with Crippen LogP contribution in [0.4, 0.5) is 0 Å². The lowest BCUT2D eigenvalue weighted by Crippen LogP contribution is -3.00. The molecule has 0 N–H and O–H groups in total. The Kier molecular flexibility index (Phi) is 7.39. The van der Waals surface area contributed by atoms with E-state index in [2.05, 4.69) is 6.92 Å². The third kappa shape index (κ3) is 4.70. The van der Waals surface area contributed by atoms with Gasteiger partial charge in [-0.25, -0.2) is 0 Å². The van der Waals surface area contributed by atoms with Gasteiger partial charge in [0.25, 0.3) is 0 Å². The van der Waals surface area contributed by atoms with Crippen LogP contribution in [0.1, 0.15) is 64.7 Å². The molecule has 0 atom stereocenters. The fraction of sp³-hybridized carbons (Fsp3) is 1.00. The van der Waals surface area contributed by atoms with E-state index in [9.17, 15) is 0 Å². The van der Waals surface area contributed by atoms with Crippen molar-refractivity contribution >= 4 is 0 Å². The molecule has 2 heteroatoms. The topological polar surface area (TPSA) is 0 Å². The molecule has 0 aromatic carbocycles. The number of nitrogens with zero attached hydrogens (tertiary/aromatic N) is 1. The van der Waals surface area contributed by atoms with Gasteiger partial charge in [0.15, 0.2) is 0 Å². The highest BCUT2D eigenvalue weighted by Gasteiger charge is 2.38. The summed E-state index contributed by atoms with van der Waals surface area (Å²) in [6.45, 7) is 8.34. The van der Waals surface area contributed by atoms with Gasteiger partial charge >= 0.3 is 0 Å². The molecular weight excluding hydrogens is 321 g/mol. The molecular formula is C15H30IN. The van der Waals surface area contributed by atoms with Gasteiger partial charge < -0.3 is 28.5 Å². The van der Waals surface area contributed by atoms with Crippen molar-refractivity contribution in [3.05, 3.63) is 0 Å². The molecule has 0 aromatic heterocycles. The first-order chi connectivity index (χ1) is 7.85. The van der Waals surface area contributed by atoms with Crippen LogP contribution in [0.5, 0.6) is 0 Å². The number of unbranched alkanes of at least 4 members (excludes halogenated alkanes) is 5. The van der Waals surface area contributed by atoms with Crippen molar-refractivity contribution in [2.75, 3.05) is 26.2 Å². The van der Waals surface area contributed by atoms with E-state index in [1.54, 1.807) is 0 Å². The fourth-order valence-corrected chi connectivity index (χ4v) is 3.70. The van der Waals surface area contributed by atoms with Gasteiger partial charge in [-0.3, -0.25) is 0 Å². The molecule has 102 valence electrons. The Morgan fingerprint density at radius 3 is 1.94 bits per heavy atom. The zero-order valence-corrected chi connectivity index (χ0v) is 13.8. The molecule has 1 nitrogen and oxygen atoms in total. The molecule has 0 unspecified atom stereocenters. The summed E-state index contributed by atoms with van der Waals surface area (Å²) in [4.78, 5) is 0. The summed E-state index contributed by atoms with van der Waals surface area (Å²) in [5.41, 5.74) is 0. The van der Waals surface area contributed by atoms with E-state index in [-0.39, 0.29) is 24.0 Å². The lowest BCUT2D eigenvalue weighted by Gasteiger charge is -2.49. The summed E-state index contributed by atoms with van der Waals surface area (Å²) in [6, 6.07) is 0. The second kappa shape index (κ2) is 7.98. The maximum absolute atomic E-state index is 2.30. The Morgan fingerprint density at radius 1 is 0.824 bits per heavy atom. The minimum Gasteiger partial charge on any atom is -1.00 e. The molecule has 0 radical (unpaired) electrons. The van der Waals surface area contributed by atoms with Crippen molar-refractivity contribution in [2.24, 2.45) is 5.92 Å². The van der Waals surface area contributed by atoms with E-state index in [0.29, 0.717) is 0 Å². The van der Waals surface area contributed by atoms with Crippen LogP contribution < -0.4 is 24.0 Å². The maximum Gasteiger partial charge on any atom is 0.0789 e. The zero-order chi connectivity index (χ0) is 11.3. The highest BCUT2D eigenvalue weighted by atomic mass is 127. The third-order valence-electron chi connectivity index (χ3n) is 5.02. The second-order valence-corrected chi connectivity index (χ2v) is 6.24. The first-order valence-corrected chi connectivity index (χ1v) is 7.70. The highest BCUT2D eigenvalue weighted by molar-refractivity contribution is 4.71. The van der Waals surface area contributed by atoms with E-state index in [4.69, 9.17) is 0 Å². The minimum absolute atomic E-state index is 0. The Bertz CT molecular complexity index is 183. The predicted octanol–water partition coefficient (Wildman–Crippen LogP) is 0.981. The summed E-state index contributed by atoms with van der Waals surface area (Å²) >= 11 is 0.